The molecule has 0 aliphatic heterocycles. The van der Waals surface area contributed by atoms with Crippen LogP contribution in [-0.4, -0.2) is 6.29 Å². The number of carbonyl (C=O) groups excluding carboxylic acids is 1. The summed E-state index contributed by atoms with van der Waals surface area (Å²) in [6.45, 7) is 0. The molecule has 1 aromatic rings. The van der Waals surface area contributed by atoms with Gasteiger partial charge in [-0.1, -0.05) is 0 Å². The molecule has 4 heteroatoms. The first kappa shape index (κ1) is 10.4. The minimum atomic E-state index is 0.449. The number of hydrogen-bond donors (Lipinski definition) is 0. The van der Waals surface area contributed by atoms with Gasteiger partial charge in [-0.05, 0) is 65.5 Å². The van der Waals surface area contributed by atoms with Crippen LogP contribution in [0.25, 0.3) is 0 Å². The van der Waals surface area contributed by atoms with Crippen LogP contribution in [0.4, 0.5) is 0 Å². The average Bonchev–Trinajstić information content (AvgIpc) is 2.01. The predicted molar refractivity (Wildman–Crippen MR) is 59.3 cm³/mol. The summed E-state index contributed by atoms with van der Waals surface area (Å²) in [4.78, 5) is 10.2. The van der Waals surface area contributed by atoms with Crippen LogP contribution in [-0.2, 0) is 11.2 Å². The molecular weight excluding hydrogens is 352 g/mol. The summed E-state index contributed by atoms with van der Waals surface area (Å²) in [6, 6.07) is 3.84. The Morgan fingerprint density at radius 3 is 2.08 bits per heavy atom. The zero-order chi connectivity index (χ0) is 9.14. The summed E-state index contributed by atoms with van der Waals surface area (Å²) in [7, 11) is 0. The SMILES string of the molecule is O=CCc1cc(Br)c(Br)c(Br)c1. The summed E-state index contributed by atoms with van der Waals surface area (Å²) in [5.74, 6) is 0. The standard InChI is InChI=1S/C8H5Br3O/c9-6-3-5(1-2-12)4-7(10)8(6)11/h2-4H,1H2. The summed E-state index contributed by atoms with van der Waals surface area (Å²) in [6.07, 6.45) is 1.34. The maximum absolute atomic E-state index is 10.2. The molecule has 1 aromatic carbocycles. The molecule has 1 rings (SSSR count). The lowest BCUT2D eigenvalue weighted by atomic mass is 10.2. The van der Waals surface area contributed by atoms with Crippen molar-refractivity contribution in [2.75, 3.05) is 0 Å². The van der Waals surface area contributed by atoms with Gasteiger partial charge in [0.05, 0.1) is 0 Å². The monoisotopic (exact) mass is 354 g/mol. The molecule has 12 heavy (non-hydrogen) atoms. The van der Waals surface area contributed by atoms with E-state index in [1.54, 1.807) is 0 Å². The highest BCUT2D eigenvalue weighted by Crippen LogP contribution is 2.32. The van der Waals surface area contributed by atoms with Gasteiger partial charge in [-0.2, -0.15) is 0 Å². The molecule has 0 unspecified atom stereocenters. The molecule has 0 heterocycles. The molecule has 0 bridgehead atoms. The number of hydrogen-bond acceptors (Lipinski definition) is 1. The maximum Gasteiger partial charge on any atom is 0.124 e. The van der Waals surface area contributed by atoms with Crippen LogP contribution in [0.3, 0.4) is 0 Å². The van der Waals surface area contributed by atoms with Gasteiger partial charge in [-0.3, -0.25) is 0 Å². The van der Waals surface area contributed by atoms with E-state index in [9.17, 15) is 4.79 Å². The van der Waals surface area contributed by atoms with Crippen molar-refractivity contribution in [2.45, 2.75) is 6.42 Å². The predicted octanol–water partition coefficient (Wildman–Crippen LogP) is 3.72. The quantitative estimate of drug-likeness (QED) is 0.583. The van der Waals surface area contributed by atoms with Crippen LogP contribution in [0, 0.1) is 0 Å². The first-order valence-corrected chi connectivity index (χ1v) is 5.60. The van der Waals surface area contributed by atoms with Gasteiger partial charge < -0.3 is 4.79 Å². The Labute approximate surface area is 95.9 Å². The van der Waals surface area contributed by atoms with Gasteiger partial charge in [-0.15, -0.1) is 0 Å². The second kappa shape index (κ2) is 4.53. The molecule has 64 valence electrons. The van der Waals surface area contributed by atoms with Crippen molar-refractivity contribution < 1.29 is 4.79 Å². The van der Waals surface area contributed by atoms with E-state index in [1.807, 2.05) is 12.1 Å². The molecule has 0 fully saturated rings. The van der Waals surface area contributed by atoms with Crippen molar-refractivity contribution in [2.24, 2.45) is 0 Å². The average molecular weight is 357 g/mol. The summed E-state index contributed by atoms with van der Waals surface area (Å²) in [5.41, 5.74) is 0.993. The zero-order valence-electron chi connectivity index (χ0n) is 5.98. The number of rotatable bonds is 2. The van der Waals surface area contributed by atoms with Crippen LogP contribution < -0.4 is 0 Å². The fraction of sp³-hybridized carbons (Fsp3) is 0.125. The molecule has 1 nitrogen and oxygen atoms in total. The van der Waals surface area contributed by atoms with E-state index in [2.05, 4.69) is 47.8 Å². The van der Waals surface area contributed by atoms with Gasteiger partial charge in [0, 0.05) is 19.8 Å². The van der Waals surface area contributed by atoms with E-state index in [1.165, 1.54) is 0 Å². The fourth-order valence-corrected chi connectivity index (χ4v) is 2.33. The van der Waals surface area contributed by atoms with Gasteiger partial charge >= 0.3 is 0 Å². The van der Waals surface area contributed by atoms with Gasteiger partial charge in [-0.25, -0.2) is 0 Å². The molecular formula is C8H5Br3O. The van der Waals surface area contributed by atoms with Crippen molar-refractivity contribution in [3.05, 3.63) is 31.1 Å². The molecule has 0 N–H and O–H groups in total. The van der Waals surface area contributed by atoms with E-state index >= 15 is 0 Å². The molecule has 0 aliphatic rings. The molecule has 0 amide bonds. The third-order valence-corrected chi connectivity index (χ3v) is 4.53. The number of benzene rings is 1. The van der Waals surface area contributed by atoms with E-state index in [0.717, 1.165) is 25.3 Å². The van der Waals surface area contributed by atoms with E-state index in [4.69, 9.17) is 0 Å². The maximum atomic E-state index is 10.2. The van der Waals surface area contributed by atoms with Gasteiger partial charge in [0.1, 0.15) is 6.29 Å². The first-order valence-electron chi connectivity index (χ1n) is 3.22. The lowest BCUT2D eigenvalue weighted by molar-refractivity contribution is -0.107. The Balaban J connectivity index is 3.11. The normalized spacial score (nSPS) is 9.92. The minimum absolute atomic E-state index is 0.449. The second-order valence-corrected chi connectivity index (χ2v) is 4.75. The number of carbonyl (C=O) groups is 1. The highest BCUT2D eigenvalue weighted by atomic mass is 79.9. The molecule has 0 aromatic heterocycles. The van der Waals surface area contributed by atoms with E-state index in [0.29, 0.717) is 6.42 Å². The van der Waals surface area contributed by atoms with Crippen molar-refractivity contribution in [1.82, 2.24) is 0 Å². The number of halogens is 3. The van der Waals surface area contributed by atoms with Gasteiger partial charge in [0.25, 0.3) is 0 Å². The summed E-state index contributed by atoms with van der Waals surface area (Å²) < 4.78 is 2.87. The molecule has 0 saturated carbocycles. The van der Waals surface area contributed by atoms with Crippen LogP contribution in [0.2, 0.25) is 0 Å². The zero-order valence-corrected chi connectivity index (χ0v) is 10.7. The Bertz CT molecular complexity index is 286. The van der Waals surface area contributed by atoms with E-state index in [-0.39, 0.29) is 0 Å². The lowest BCUT2D eigenvalue weighted by Gasteiger charge is -2.02. The Morgan fingerprint density at radius 2 is 1.67 bits per heavy atom. The fourth-order valence-electron chi connectivity index (χ4n) is 0.822. The lowest BCUT2D eigenvalue weighted by Crippen LogP contribution is -1.86. The van der Waals surface area contributed by atoms with Crippen molar-refractivity contribution in [3.63, 3.8) is 0 Å². The summed E-state index contributed by atoms with van der Waals surface area (Å²) in [5, 5.41) is 0. The van der Waals surface area contributed by atoms with Gasteiger partial charge in [0.15, 0.2) is 0 Å². The van der Waals surface area contributed by atoms with E-state index < -0.39 is 0 Å². The molecule has 0 radical (unpaired) electrons. The minimum Gasteiger partial charge on any atom is -0.303 e. The second-order valence-electron chi connectivity index (χ2n) is 2.24. The van der Waals surface area contributed by atoms with Gasteiger partial charge in [0.2, 0.25) is 0 Å². The molecule has 0 aliphatic carbocycles. The largest absolute Gasteiger partial charge is 0.303 e. The smallest absolute Gasteiger partial charge is 0.124 e. The Morgan fingerprint density at radius 1 is 1.17 bits per heavy atom. The highest BCUT2D eigenvalue weighted by molar-refractivity contribution is 9.14. The van der Waals surface area contributed by atoms with Crippen molar-refractivity contribution in [3.8, 4) is 0 Å². The molecule has 0 spiro atoms. The third kappa shape index (κ3) is 2.41. The van der Waals surface area contributed by atoms with Crippen LogP contribution in [0.1, 0.15) is 5.56 Å². The molecule has 0 saturated heterocycles. The third-order valence-electron chi connectivity index (χ3n) is 1.36. The van der Waals surface area contributed by atoms with Crippen LogP contribution in [0.5, 0.6) is 0 Å². The van der Waals surface area contributed by atoms with Crippen LogP contribution in [0.15, 0.2) is 25.6 Å². The Hall–Kier alpha value is 0.330. The summed E-state index contributed by atoms with van der Waals surface area (Å²) >= 11 is 10.1. The van der Waals surface area contributed by atoms with Crippen LogP contribution >= 0.6 is 47.8 Å². The topological polar surface area (TPSA) is 17.1 Å². The van der Waals surface area contributed by atoms with Crippen molar-refractivity contribution in [1.29, 1.82) is 0 Å². The first-order chi connectivity index (χ1) is 5.65. The number of aldehydes is 1. The Kier molecular flexibility index (Phi) is 3.93. The van der Waals surface area contributed by atoms with Crippen molar-refractivity contribution >= 4 is 54.1 Å². The highest BCUT2D eigenvalue weighted by Gasteiger charge is 2.03. The molecule has 0 atom stereocenters.